The molecule has 0 aromatic heterocycles. The van der Waals surface area contributed by atoms with Crippen molar-refractivity contribution in [3.8, 4) is 5.75 Å². The second-order valence-corrected chi connectivity index (χ2v) is 5.14. The Balaban J connectivity index is 3.47. The number of benzene rings is 1. The lowest BCUT2D eigenvalue weighted by atomic mass is 10.2. The second kappa shape index (κ2) is 3.01. The topological polar surface area (TPSA) is 57.5 Å². The maximum absolute atomic E-state index is 11.0. The van der Waals surface area contributed by atoms with Crippen LogP contribution in [-0.2, 0) is 20.0 Å². The molecule has 1 rings (SSSR count). The quantitative estimate of drug-likeness (QED) is 0.723. The van der Waals surface area contributed by atoms with Crippen LogP contribution >= 0.6 is 0 Å². The summed E-state index contributed by atoms with van der Waals surface area (Å²) < 4.78 is 19.9. The maximum atomic E-state index is 11.0. The van der Waals surface area contributed by atoms with Crippen molar-refractivity contribution < 1.29 is 13.9 Å². The van der Waals surface area contributed by atoms with Crippen molar-refractivity contribution in [3.05, 3.63) is 23.8 Å². The highest BCUT2D eigenvalue weighted by Gasteiger charge is 2.11. The SMILES string of the molecule is Cc1cccc(S(=O)(O)=S)c1O. The lowest BCUT2D eigenvalue weighted by Crippen LogP contribution is -1.97. The molecule has 66 valence electrons. The fourth-order valence-corrected chi connectivity index (χ4v) is 1.90. The predicted octanol–water partition coefficient (Wildman–Crippen LogP) is 1.28. The van der Waals surface area contributed by atoms with Crippen molar-refractivity contribution >= 4 is 20.0 Å². The third-order valence-electron chi connectivity index (χ3n) is 1.48. The minimum absolute atomic E-state index is 0.0856. The Labute approximate surface area is 75.5 Å². The Morgan fingerprint density at radius 2 is 2.08 bits per heavy atom. The highest BCUT2D eigenvalue weighted by Crippen LogP contribution is 2.25. The molecular formula is C7H8O3S2. The zero-order valence-electron chi connectivity index (χ0n) is 6.35. The summed E-state index contributed by atoms with van der Waals surface area (Å²) in [6.07, 6.45) is 0. The molecule has 1 aromatic carbocycles. The predicted molar refractivity (Wildman–Crippen MR) is 49.2 cm³/mol. The van der Waals surface area contributed by atoms with Gasteiger partial charge in [0.2, 0.25) is 0 Å². The summed E-state index contributed by atoms with van der Waals surface area (Å²) in [6.45, 7) is 1.64. The van der Waals surface area contributed by atoms with Crippen molar-refractivity contribution in [2.45, 2.75) is 11.8 Å². The number of phenolic OH excluding ortho intramolecular Hbond substituents is 1. The molecule has 1 unspecified atom stereocenters. The molecule has 0 aliphatic carbocycles. The van der Waals surface area contributed by atoms with Gasteiger partial charge in [-0.2, -0.15) is 0 Å². The Morgan fingerprint density at radius 1 is 1.50 bits per heavy atom. The maximum Gasteiger partial charge on any atom is 0.174 e. The summed E-state index contributed by atoms with van der Waals surface area (Å²) in [5.41, 5.74) is 0.541. The number of hydrogen-bond acceptors (Lipinski definition) is 3. The van der Waals surface area contributed by atoms with Crippen LogP contribution in [0.5, 0.6) is 5.75 Å². The van der Waals surface area contributed by atoms with Gasteiger partial charge in [-0.15, -0.1) is 0 Å². The number of hydrogen-bond donors (Lipinski definition) is 2. The first-order valence-corrected chi connectivity index (χ1v) is 5.63. The molecule has 0 fully saturated rings. The van der Waals surface area contributed by atoms with Crippen molar-refractivity contribution in [2.24, 2.45) is 0 Å². The average molecular weight is 204 g/mol. The first-order chi connectivity index (χ1) is 5.43. The fourth-order valence-electron chi connectivity index (χ4n) is 0.840. The first kappa shape index (κ1) is 9.44. The van der Waals surface area contributed by atoms with Gasteiger partial charge in [0.05, 0.1) is 0 Å². The molecule has 0 saturated heterocycles. The molecule has 0 bridgehead atoms. The monoisotopic (exact) mass is 204 g/mol. The summed E-state index contributed by atoms with van der Waals surface area (Å²) in [7, 11) is -3.47. The summed E-state index contributed by atoms with van der Waals surface area (Å²) in [4.78, 5) is -0.0856. The van der Waals surface area contributed by atoms with Gasteiger partial charge >= 0.3 is 0 Å². The molecule has 0 spiro atoms. The average Bonchev–Trinajstić information content (AvgIpc) is 1.92. The van der Waals surface area contributed by atoms with Gasteiger partial charge in [0.25, 0.3) is 0 Å². The van der Waals surface area contributed by atoms with E-state index < -0.39 is 8.77 Å². The van der Waals surface area contributed by atoms with Gasteiger partial charge in [-0.05, 0) is 18.6 Å². The molecule has 0 amide bonds. The molecule has 0 aliphatic heterocycles. The van der Waals surface area contributed by atoms with Crippen molar-refractivity contribution in [3.63, 3.8) is 0 Å². The van der Waals surface area contributed by atoms with E-state index in [1.165, 1.54) is 6.07 Å². The van der Waals surface area contributed by atoms with Gasteiger partial charge in [-0.1, -0.05) is 12.1 Å². The number of aryl methyl sites for hydroxylation is 1. The Bertz CT molecular complexity index is 395. The van der Waals surface area contributed by atoms with E-state index in [4.69, 9.17) is 4.55 Å². The third kappa shape index (κ3) is 1.74. The van der Waals surface area contributed by atoms with E-state index in [0.29, 0.717) is 5.56 Å². The number of aromatic hydroxyl groups is 1. The molecular weight excluding hydrogens is 196 g/mol. The normalized spacial score (nSPS) is 15.5. The van der Waals surface area contributed by atoms with E-state index in [1.807, 2.05) is 0 Å². The highest BCUT2D eigenvalue weighted by molar-refractivity contribution is 8.29. The van der Waals surface area contributed by atoms with E-state index in [9.17, 15) is 9.32 Å². The Kier molecular flexibility index (Phi) is 2.36. The van der Waals surface area contributed by atoms with E-state index in [1.54, 1.807) is 19.1 Å². The number of phenols is 1. The van der Waals surface area contributed by atoms with E-state index in [-0.39, 0.29) is 10.6 Å². The number of rotatable bonds is 1. The van der Waals surface area contributed by atoms with E-state index in [2.05, 4.69) is 11.2 Å². The standard InChI is InChI=1S/C7H8O3S2/c1-5-3-2-4-6(7(5)8)12(9,10)11/h2-4,8H,1H3,(H,9,10,11). The molecule has 0 heterocycles. The van der Waals surface area contributed by atoms with Gasteiger partial charge in [-0.25, -0.2) is 4.21 Å². The van der Waals surface area contributed by atoms with Crippen LogP contribution in [0.15, 0.2) is 23.1 Å². The molecule has 1 atom stereocenters. The van der Waals surface area contributed by atoms with Gasteiger partial charge in [0, 0.05) is 11.2 Å². The molecule has 0 radical (unpaired) electrons. The highest BCUT2D eigenvalue weighted by atomic mass is 32.8. The van der Waals surface area contributed by atoms with Crippen LogP contribution in [0.4, 0.5) is 0 Å². The molecule has 3 nitrogen and oxygen atoms in total. The third-order valence-corrected chi connectivity index (χ3v) is 2.90. The first-order valence-electron chi connectivity index (χ1n) is 3.19. The zero-order valence-corrected chi connectivity index (χ0v) is 7.98. The minimum atomic E-state index is -3.47. The van der Waals surface area contributed by atoms with E-state index in [0.717, 1.165) is 0 Å². The van der Waals surface area contributed by atoms with Crippen LogP contribution in [0.2, 0.25) is 0 Å². The second-order valence-electron chi connectivity index (χ2n) is 2.40. The van der Waals surface area contributed by atoms with Crippen LogP contribution in [0, 0.1) is 6.92 Å². The molecule has 5 heteroatoms. The van der Waals surface area contributed by atoms with Gasteiger partial charge < -0.3 is 9.66 Å². The van der Waals surface area contributed by atoms with Crippen LogP contribution in [-0.4, -0.2) is 13.9 Å². The zero-order chi connectivity index (χ0) is 9.35. The van der Waals surface area contributed by atoms with E-state index >= 15 is 0 Å². The molecule has 12 heavy (non-hydrogen) atoms. The minimum Gasteiger partial charge on any atom is -0.506 e. The van der Waals surface area contributed by atoms with Crippen LogP contribution in [0.25, 0.3) is 0 Å². The largest absolute Gasteiger partial charge is 0.506 e. The lowest BCUT2D eigenvalue weighted by Gasteiger charge is -2.04. The fraction of sp³-hybridized carbons (Fsp3) is 0.143. The van der Waals surface area contributed by atoms with Gasteiger partial charge in [0.15, 0.2) is 8.77 Å². The lowest BCUT2D eigenvalue weighted by molar-refractivity contribution is 0.452. The van der Waals surface area contributed by atoms with Crippen LogP contribution < -0.4 is 0 Å². The van der Waals surface area contributed by atoms with Gasteiger partial charge in [-0.3, -0.25) is 0 Å². The van der Waals surface area contributed by atoms with Crippen LogP contribution in [0.3, 0.4) is 0 Å². The molecule has 0 saturated carbocycles. The summed E-state index contributed by atoms with van der Waals surface area (Å²) in [5.74, 6) is -0.194. The van der Waals surface area contributed by atoms with Crippen LogP contribution in [0.1, 0.15) is 5.56 Å². The smallest absolute Gasteiger partial charge is 0.174 e. The molecule has 0 aliphatic rings. The van der Waals surface area contributed by atoms with Crippen molar-refractivity contribution in [2.75, 3.05) is 0 Å². The van der Waals surface area contributed by atoms with Crippen molar-refractivity contribution in [1.29, 1.82) is 0 Å². The van der Waals surface area contributed by atoms with Gasteiger partial charge in [0.1, 0.15) is 10.6 Å². The molecule has 1 aromatic rings. The summed E-state index contributed by atoms with van der Waals surface area (Å²) in [5, 5.41) is 9.33. The Morgan fingerprint density at radius 3 is 2.50 bits per heavy atom. The Hall–Kier alpha value is -0.650. The summed E-state index contributed by atoms with van der Waals surface area (Å²) in [6, 6.07) is 4.56. The van der Waals surface area contributed by atoms with Crippen molar-refractivity contribution in [1.82, 2.24) is 0 Å². The molecule has 2 N–H and O–H groups in total. The number of para-hydroxylation sites is 1. The summed E-state index contributed by atoms with van der Waals surface area (Å²) >= 11 is 4.32.